The first-order valence-electron chi connectivity index (χ1n) is 7.17. The van der Waals surface area contributed by atoms with Crippen molar-refractivity contribution in [3.8, 4) is 11.8 Å². The Hall–Kier alpha value is -1.86. The molecule has 1 aliphatic heterocycles. The number of benzene rings is 1. The molecule has 0 aliphatic carbocycles. The molecule has 1 aromatic rings. The van der Waals surface area contributed by atoms with Crippen molar-refractivity contribution in [1.82, 2.24) is 4.90 Å². The minimum atomic E-state index is -0.518. The average Bonchev–Trinajstić information content (AvgIpc) is 2.80. The van der Waals surface area contributed by atoms with Gasteiger partial charge in [0.2, 0.25) is 0 Å². The Bertz CT molecular complexity index is 599. The van der Waals surface area contributed by atoms with Crippen LogP contribution in [0.1, 0.15) is 49.0 Å². The van der Waals surface area contributed by atoms with E-state index in [1.807, 2.05) is 13.8 Å². The molecule has 0 atom stereocenters. The number of carbonyl (C=O) groups is 1. The third-order valence-electron chi connectivity index (χ3n) is 3.81. The number of likely N-dealkylation sites (tertiary alicyclic amines) is 1. The lowest BCUT2D eigenvalue weighted by Gasteiger charge is -2.31. The lowest BCUT2D eigenvalue weighted by atomic mass is 10.0. The second kappa shape index (κ2) is 6.28. The summed E-state index contributed by atoms with van der Waals surface area (Å²) in [5, 5.41) is 8.71. The number of nitrogens with zero attached hydrogens (tertiary/aromatic N) is 1. The van der Waals surface area contributed by atoms with E-state index in [0.717, 1.165) is 12.8 Å². The van der Waals surface area contributed by atoms with Gasteiger partial charge in [-0.3, -0.25) is 4.79 Å². The van der Waals surface area contributed by atoms with Crippen LogP contribution in [0.15, 0.2) is 18.2 Å². The second-order valence-electron chi connectivity index (χ2n) is 5.84. The summed E-state index contributed by atoms with van der Waals surface area (Å²) in [4.78, 5) is 14.3. The van der Waals surface area contributed by atoms with Crippen LogP contribution >= 0.6 is 0 Å². The third-order valence-corrected chi connectivity index (χ3v) is 3.81. The van der Waals surface area contributed by atoms with Crippen molar-refractivity contribution in [3.05, 3.63) is 35.1 Å². The van der Waals surface area contributed by atoms with Gasteiger partial charge in [-0.05, 0) is 44.9 Å². The molecule has 2 rings (SSSR count). The summed E-state index contributed by atoms with van der Waals surface area (Å²) in [5.41, 5.74) is 0.424. The molecule has 1 amide bonds. The number of aliphatic hydroxyl groups excluding tert-OH is 1. The van der Waals surface area contributed by atoms with Crippen LogP contribution in [0, 0.1) is 17.7 Å². The van der Waals surface area contributed by atoms with Crippen LogP contribution in [0.2, 0.25) is 0 Å². The normalized spacial score (nSPS) is 16.5. The Morgan fingerprint density at radius 3 is 2.86 bits per heavy atom. The van der Waals surface area contributed by atoms with E-state index < -0.39 is 5.82 Å². The van der Waals surface area contributed by atoms with Crippen LogP contribution < -0.4 is 0 Å². The molecule has 0 bridgehead atoms. The zero-order chi connectivity index (χ0) is 15.5. The number of rotatable bonds is 2. The van der Waals surface area contributed by atoms with Gasteiger partial charge in [-0.15, -0.1) is 0 Å². The summed E-state index contributed by atoms with van der Waals surface area (Å²) in [6.45, 7) is 4.65. The molecule has 0 saturated carbocycles. The minimum Gasteiger partial charge on any atom is -0.395 e. The first-order valence-corrected chi connectivity index (χ1v) is 7.17. The maximum Gasteiger partial charge on any atom is 0.257 e. The third kappa shape index (κ3) is 3.43. The maximum absolute atomic E-state index is 14.0. The van der Waals surface area contributed by atoms with Gasteiger partial charge >= 0.3 is 0 Å². The van der Waals surface area contributed by atoms with Crippen LogP contribution in [-0.4, -0.2) is 34.6 Å². The molecular formula is C17H20FNO2. The smallest absolute Gasteiger partial charge is 0.257 e. The molecule has 1 aliphatic rings. The van der Waals surface area contributed by atoms with Crippen molar-refractivity contribution in [1.29, 1.82) is 0 Å². The van der Waals surface area contributed by atoms with E-state index in [1.54, 1.807) is 11.0 Å². The fraction of sp³-hybridized carbons (Fsp3) is 0.471. The van der Waals surface area contributed by atoms with Crippen LogP contribution in [0.25, 0.3) is 0 Å². The molecule has 21 heavy (non-hydrogen) atoms. The Morgan fingerprint density at radius 1 is 1.48 bits per heavy atom. The molecule has 3 nitrogen and oxygen atoms in total. The molecule has 0 aromatic heterocycles. The molecule has 1 aromatic carbocycles. The minimum absolute atomic E-state index is 0.0120. The molecule has 1 N–H and O–H groups in total. The van der Waals surface area contributed by atoms with Gasteiger partial charge in [0, 0.05) is 24.1 Å². The van der Waals surface area contributed by atoms with E-state index in [1.165, 1.54) is 12.1 Å². The zero-order valence-electron chi connectivity index (χ0n) is 12.4. The molecule has 1 fully saturated rings. The molecule has 1 saturated heterocycles. The zero-order valence-corrected chi connectivity index (χ0v) is 12.4. The van der Waals surface area contributed by atoms with Crippen molar-refractivity contribution >= 4 is 5.91 Å². The summed E-state index contributed by atoms with van der Waals surface area (Å²) in [7, 11) is 0. The number of carbonyl (C=O) groups excluding carboxylic acids is 1. The molecule has 112 valence electrons. The van der Waals surface area contributed by atoms with Crippen molar-refractivity contribution in [2.24, 2.45) is 0 Å². The summed E-state index contributed by atoms with van der Waals surface area (Å²) in [6.07, 6.45) is 2.23. The summed E-state index contributed by atoms with van der Waals surface area (Å²) < 4.78 is 14.0. The van der Waals surface area contributed by atoms with Crippen LogP contribution in [0.4, 0.5) is 4.39 Å². The number of aliphatic hydroxyl groups is 1. The van der Waals surface area contributed by atoms with Crippen molar-refractivity contribution in [3.63, 3.8) is 0 Å². The number of hydrogen-bond donors (Lipinski definition) is 1. The van der Waals surface area contributed by atoms with Crippen LogP contribution in [0.5, 0.6) is 0 Å². The lowest BCUT2D eigenvalue weighted by molar-refractivity contribution is 0.0647. The highest BCUT2D eigenvalue weighted by Crippen LogP contribution is 2.30. The largest absolute Gasteiger partial charge is 0.395 e. The van der Waals surface area contributed by atoms with E-state index >= 15 is 0 Å². The SMILES string of the molecule is CC1(C)CCCN1C(=O)c1cc(C#CCCO)ccc1F. The average molecular weight is 289 g/mol. The van der Waals surface area contributed by atoms with Crippen molar-refractivity contribution in [2.75, 3.05) is 13.2 Å². The number of amides is 1. The molecule has 1 heterocycles. The second-order valence-corrected chi connectivity index (χ2v) is 5.84. The van der Waals surface area contributed by atoms with E-state index in [2.05, 4.69) is 11.8 Å². The fourth-order valence-electron chi connectivity index (χ4n) is 2.62. The van der Waals surface area contributed by atoms with Crippen LogP contribution in [-0.2, 0) is 0 Å². The highest BCUT2D eigenvalue weighted by Gasteiger charge is 2.36. The van der Waals surface area contributed by atoms with Gasteiger partial charge in [-0.25, -0.2) is 4.39 Å². The monoisotopic (exact) mass is 289 g/mol. The highest BCUT2D eigenvalue weighted by atomic mass is 19.1. The topological polar surface area (TPSA) is 40.5 Å². The Balaban J connectivity index is 2.29. The standard InChI is InChI=1S/C17H20FNO2/c1-17(2)9-5-10-19(17)16(21)14-12-13(6-3-4-11-20)7-8-15(14)18/h7-8,12,20H,4-5,9-11H2,1-2H3. The van der Waals surface area contributed by atoms with Gasteiger partial charge in [-0.1, -0.05) is 11.8 Å². The fourth-order valence-corrected chi connectivity index (χ4v) is 2.62. The van der Waals surface area contributed by atoms with Crippen LogP contribution in [0.3, 0.4) is 0 Å². The summed E-state index contributed by atoms with van der Waals surface area (Å²) in [5.74, 6) is 4.81. The number of hydrogen-bond acceptors (Lipinski definition) is 2. The van der Waals surface area contributed by atoms with Crippen molar-refractivity contribution < 1.29 is 14.3 Å². The maximum atomic E-state index is 14.0. The van der Waals surface area contributed by atoms with Gasteiger partial charge < -0.3 is 10.0 Å². The quantitative estimate of drug-likeness (QED) is 0.850. The lowest BCUT2D eigenvalue weighted by Crippen LogP contribution is -2.43. The summed E-state index contributed by atoms with van der Waals surface area (Å²) >= 11 is 0. The predicted octanol–water partition coefficient (Wildman–Crippen LogP) is 2.57. The van der Waals surface area contributed by atoms with E-state index in [9.17, 15) is 9.18 Å². The van der Waals surface area contributed by atoms with Gasteiger partial charge in [0.15, 0.2) is 0 Å². The molecule has 0 radical (unpaired) electrons. The Labute approximate surface area is 124 Å². The van der Waals surface area contributed by atoms with Gasteiger partial charge in [-0.2, -0.15) is 0 Å². The molecule has 0 unspecified atom stereocenters. The molecule has 0 spiro atoms. The Morgan fingerprint density at radius 2 is 2.24 bits per heavy atom. The van der Waals surface area contributed by atoms with E-state index in [-0.39, 0.29) is 23.6 Å². The first-order chi connectivity index (χ1) is 9.95. The van der Waals surface area contributed by atoms with E-state index in [0.29, 0.717) is 18.5 Å². The molecular weight excluding hydrogens is 269 g/mol. The predicted molar refractivity (Wildman–Crippen MR) is 79.3 cm³/mol. The van der Waals surface area contributed by atoms with E-state index in [4.69, 9.17) is 5.11 Å². The number of halogens is 1. The highest BCUT2D eigenvalue weighted by molar-refractivity contribution is 5.95. The van der Waals surface area contributed by atoms with Gasteiger partial charge in [0.1, 0.15) is 5.82 Å². The Kier molecular flexibility index (Phi) is 4.64. The van der Waals surface area contributed by atoms with Gasteiger partial charge in [0.05, 0.1) is 12.2 Å². The van der Waals surface area contributed by atoms with Crippen molar-refractivity contribution in [2.45, 2.75) is 38.6 Å². The summed E-state index contributed by atoms with van der Waals surface area (Å²) in [6, 6.07) is 4.32. The molecule has 4 heteroatoms. The first kappa shape index (κ1) is 15.5. The van der Waals surface area contributed by atoms with Gasteiger partial charge in [0.25, 0.3) is 5.91 Å².